The highest BCUT2D eigenvalue weighted by atomic mass is 16.5. The maximum Gasteiger partial charge on any atom is 0.347 e. The lowest BCUT2D eigenvalue weighted by atomic mass is 9.48. The van der Waals surface area contributed by atoms with Gasteiger partial charge < -0.3 is 9.64 Å². The van der Waals surface area contributed by atoms with Crippen molar-refractivity contribution in [2.75, 3.05) is 45.9 Å². The zero-order valence-corrected chi connectivity index (χ0v) is 18.2. The fourth-order valence-electron chi connectivity index (χ4n) is 6.15. The van der Waals surface area contributed by atoms with Crippen molar-refractivity contribution in [2.45, 2.75) is 47.1 Å². The molecule has 1 amide bonds. The van der Waals surface area contributed by atoms with Gasteiger partial charge in [0.05, 0.1) is 13.2 Å². The average Bonchev–Trinajstić information content (AvgIpc) is 2.96. The summed E-state index contributed by atoms with van der Waals surface area (Å²) in [5.74, 6) is 0.704. The lowest BCUT2D eigenvalue weighted by molar-refractivity contribution is -0.131. The monoisotopic (exact) mass is 402 g/mol. The average molecular weight is 403 g/mol. The van der Waals surface area contributed by atoms with E-state index < -0.39 is 0 Å². The number of carbonyl (C=O) groups excluding carboxylic acids is 1. The molecule has 0 bridgehead atoms. The second-order valence-electron chi connectivity index (χ2n) is 9.97. The Hall–Kier alpha value is -1.73. The Kier molecular flexibility index (Phi) is 5.32. The Bertz CT molecular complexity index is 843. The van der Waals surface area contributed by atoms with Gasteiger partial charge in [0.1, 0.15) is 0 Å². The largest absolute Gasteiger partial charge is 0.379 e. The maximum absolute atomic E-state index is 13.0. The van der Waals surface area contributed by atoms with Gasteiger partial charge in [-0.15, -0.1) is 0 Å². The Balaban J connectivity index is 1.42. The van der Waals surface area contributed by atoms with E-state index in [9.17, 15) is 9.59 Å². The highest BCUT2D eigenvalue weighted by molar-refractivity contribution is 5.76. The molecule has 4 rings (SSSR count). The van der Waals surface area contributed by atoms with Crippen molar-refractivity contribution >= 4 is 5.91 Å². The highest BCUT2D eigenvalue weighted by Crippen LogP contribution is 2.63. The molecule has 3 aliphatic rings. The predicted octanol–water partition coefficient (Wildman–Crippen LogP) is 1.46. The molecule has 7 heteroatoms. The first-order valence-electron chi connectivity index (χ1n) is 10.8. The molecule has 0 spiro atoms. The molecule has 0 aromatic carbocycles. The summed E-state index contributed by atoms with van der Waals surface area (Å²) in [4.78, 5) is 33.8. The van der Waals surface area contributed by atoms with E-state index in [2.05, 4.69) is 28.6 Å². The van der Waals surface area contributed by atoms with Crippen molar-refractivity contribution in [1.82, 2.24) is 19.4 Å². The third kappa shape index (κ3) is 3.87. The molecule has 2 aliphatic heterocycles. The normalized spacial score (nSPS) is 28.8. The van der Waals surface area contributed by atoms with Crippen molar-refractivity contribution in [2.24, 2.45) is 16.7 Å². The summed E-state index contributed by atoms with van der Waals surface area (Å²) in [5, 5.41) is 0. The Morgan fingerprint density at radius 1 is 1.28 bits per heavy atom. The molecule has 3 fully saturated rings. The molecule has 3 heterocycles. The van der Waals surface area contributed by atoms with Crippen LogP contribution in [0.5, 0.6) is 0 Å². The van der Waals surface area contributed by atoms with Crippen LogP contribution in [0.4, 0.5) is 0 Å². The number of hydrogen-bond acceptors (Lipinski definition) is 5. The fraction of sp³-hybridized carbons (Fsp3) is 0.773. The standard InChI is InChI=1S/C22H34N4O3/c1-16-11-17(2)26(20(28)23-16)6-5-19(27)25-12-18-21(3,4)13-22(18,15-25)14-24-7-9-29-10-8-24/h11,18H,5-10,12-15H2,1-4H3/t18-,22+/m1/s1. The van der Waals surface area contributed by atoms with Gasteiger partial charge in [-0.3, -0.25) is 14.3 Å². The van der Waals surface area contributed by atoms with Crippen LogP contribution >= 0.6 is 0 Å². The molecular weight excluding hydrogens is 368 g/mol. The van der Waals surface area contributed by atoms with Gasteiger partial charge in [-0.1, -0.05) is 13.8 Å². The van der Waals surface area contributed by atoms with E-state index in [0.717, 1.165) is 57.3 Å². The Morgan fingerprint density at radius 2 is 2.00 bits per heavy atom. The minimum Gasteiger partial charge on any atom is -0.379 e. The highest BCUT2D eigenvalue weighted by Gasteiger charge is 2.63. The van der Waals surface area contributed by atoms with Crippen molar-refractivity contribution in [1.29, 1.82) is 0 Å². The second kappa shape index (κ2) is 7.51. The first-order chi connectivity index (χ1) is 13.7. The van der Waals surface area contributed by atoms with E-state index in [0.29, 0.717) is 18.9 Å². The Morgan fingerprint density at radius 3 is 2.66 bits per heavy atom. The zero-order valence-electron chi connectivity index (χ0n) is 18.2. The summed E-state index contributed by atoms with van der Waals surface area (Å²) in [6, 6.07) is 1.89. The Labute approximate surface area is 173 Å². The molecule has 1 aromatic heterocycles. The first kappa shape index (κ1) is 20.5. The predicted molar refractivity (Wildman–Crippen MR) is 111 cm³/mol. The number of nitrogens with zero attached hydrogens (tertiary/aromatic N) is 4. The van der Waals surface area contributed by atoms with Crippen LogP contribution in [-0.4, -0.2) is 71.2 Å². The van der Waals surface area contributed by atoms with Crippen LogP contribution in [0.2, 0.25) is 0 Å². The SMILES string of the molecule is Cc1cc(C)n(CCC(=O)N2C[C@@H]3C(C)(C)C[C@]3(CN3CCOCC3)C2)c(=O)n1. The number of likely N-dealkylation sites (tertiary alicyclic amines) is 1. The summed E-state index contributed by atoms with van der Waals surface area (Å²) in [7, 11) is 0. The van der Waals surface area contributed by atoms with Crippen molar-refractivity contribution in [3.63, 3.8) is 0 Å². The van der Waals surface area contributed by atoms with Crippen LogP contribution in [0.15, 0.2) is 10.9 Å². The second-order valence-corrected chi connectivity index (χ2v) is 9.97. The number of morpholine rings is 1. The van der Waals surface area contributed by atoms with Crippen LogP contribution in [0.3, 0.4) is 0 Å². The molecule has 0 N–H and O–H groups in total. The number of aromatic nitrogens is 2. The van der Waals surface area contributed by atoms with E-state index in [1.807, 2.05) is 19.9 Å². The molecule has 29 heavy (non-hydrogen) atoms. The summed E-state index contributed by atoms with van der Waals surface area (Å²) < 4.78 is 7.12. The molecule has 0 unspecified atom stereocenters. The summed E-state index contributed by atoms with van der Waals surface area (Å²) >= 11 is 0. The number of amides is 1. The number of fused-ring (bicyclic) bond motifs is 1. The summed E-state index contributed by atoms with van der Waals surface area (Å²) in [5.41, 5.74) is 1.83. The van der Waals surface area contributed by atoms with Crippen LogP contribution in [-0.2, 0) is 16.1 Å². The molecule has 160 valence electrons. The molecule has 2 saturated heterocycles. The van der Waals surface area contributed by atoms with E-state index in [1.165, 1.54) is 6.42 Å². The number of ether oxygens (including phenoxy) is 1. The van der Waals surface area contributed by atoms with Gasteiger partial charge in [-0.2, -0.15) is 4.98 Å². The molecule has 7 nitrogen and oxygen atoms in total. The maximum atomic E-state index is 13.0. The molecule has 1 saturated carbocycles. The molecular formula is C22H34N4O3. The molecule has 2 atom stereocenters. The number of hydrogen-bond donors (Lipinski definition) is 0. The minimum absolute atomic E-state index is 0.156. The fourth-order valence-corrected chi connectivity index (χ4v) is 6.15. The lowest BCUT2D eigenvalue weighted by Gasteiger charge is -2.58. The van der Waals surface area contributed by atoms with Crippen LogP contribution in [0.25, 0.3) is 0 Å². The van der Waals surface area contributed by atoms with Crippen molar-refractivity contribution in [3.05, 3.63) is 27.9 Å². The van der Waals surface area contributed by atoms with E-state index in [-0.39, 0.29) is 22.4 Å². The zero-order chi connectivity index (χ0) is 20.8. The van der Waals surface area contributed by atoms with Gasteiger partial charge >= 0.3 is 5.69 Å². The summed E-state index contributed by atoms with van der Waals surface area (Å²) in [6.07, 6.45) is 1.53. The summed E-state index contributed by atoms with van der Waals surface area (Å²) in [6.45, 7) is 15.2. The van der Waals surface area contributed by atoms with Crippen molar-refractivity contribution < 1.29 is 9.53 Å². The molecule has 1 aromatic rings. The molecule has 1 aliphatic carbocycles. The quantitative estimate of drug-likeness (QED) is 0.746. The van der Waals surface area contributed by atoms with E-state index >= 15 is 0 Å². The van der Waals surface area contributed by atoms with E-state index in [1.54, 1.807) is 4.57 Å². The van der Waals surface area contributed by atoms with Gasteiger partial charge in [0.25, 0.3) is 0 Å². The molecule has 0 radical (unpaired) electrons. The first-order valence-corrected chi connectivity index (χ1v) is 10.8. The van der Waals surface area contributed by atoms with Gasteiger partial charge in [0.15, 0.2) is 0 Å². The third-order valence-corrected chi connectivity index (χ3v) is 7.29. The number of aryl methyl sites for hydroxylation is 2. The smallest absolute Gasteiger partial charge is 0.347 e. The number of carbonyl (C=O) groups is 1. The number of rotatable bonds is 5. The van der Waals surface area contributed by atoms with Gasteiger partial charge in [0.2, 0.25) is 5.91 Å². The van der Waals surface area contributed by atoms with Crippen LogP contribution in [0, 0.1) is 30.6 Å². The van der Waals surface area contributed by atoms with Gasteiger partial charge in [-0.05, 0) is 37.7 Å². The van der Waals surface area contributed by atoms with Gasteiger partial charge in [0, 0.05) is 62.5 Å². The van der Waals surface area contributed by atoms with E-state index in [4.69, 9.17) is 4.74 Å². The third-order valence-electron chi connectivity index (χ3n) is 7.29. The topological polar surface area (TPSA) is 67.7 Å². The van der Waals surface area contributed by atoms with Crippen molar-refractivity contribution in [3.8, 4) is 0 Å². The minimum atomic E-state index is -0.262. The van der Waals surface area contributed by atoms with Crippen LogP contribution in [0.1, 0.15) is 38.1 Å². The lowest BCUT2D eigenvalue weighted by Crippen LogP contribution is -2.59. The van der Waals surface area contributed by atoms with Gasteiger partial charge in [-0.25, -0.2) is 4.79 Å². The van der Waals surface area contributed by atoms with Crippen LogP contribution < -0.4 is 5.69 Å².